The summed E-state index contributed by atoms with van der Waals surface area (Å²) in [5, 5.41) is 10.6. The van der Waals surface area contributed by atoms with Gasteiger partial charge in [-0.1, -0.05) is 6.07 Å². The van der Waals surface area contributed by atoms with Crippen LogP contribution in [0.1, 0.15) is 31.7 Å². The Morgan fingerprint density at radius 2 is 1.95 bits per heavy atom. The van der Waals surface area contributed by atoms with E-state index in [1.165, 1.54) is 31.0 Å². The molecule has 4 heteroatoms. The van der Waals surface area contributed by atoms with Crippen LogP contribution < -0.4 is 0 Å². The fourth-order valence-corrected chi connectivity index (χ4v) is 3.28. The van der Waals surface area contributed by atoms with Crippen molar-refractivity contribution < 1.29 is 13.9 Å². The molecule has 0 spiro atoms. The third-order valence-electron chi connectivity index (χ3n) is 4.30. The quantitative estimate of drug-likeness (QED) is 0.909. The minimum atomic E-state index is -1.01. The second-order valence-corrected chi connectivity index (χ2v) is 6.06. The molecule has 2 fully saturated rings. The molecule has 2 nitrogen and oxygen atoms in total. The number of rotatable bonds is 3. The van der Waals surface area contributed by atoms with Crippen molar-refractivity contribution in [2.75, 3.05) is 6.54 Å². The van der Waals surface area contributed by atoms with Crippen LogP contribution in [0, 0.1) is 11.6 Å². The first-order valence-electron chi connectivity index (χ1n) is 6.89. The van der Waals surface area contributed by atoms with Gasteiger partial charge < -0.3 is 5.11 Å². The van der Waals surface area contributed by atoms with Crippen LogP contribution >= 0.6 is 0 Å². The van der Waals surface area contributed by atoms with Crippen LogP contribution in [0.15, 0.2) is 18.2 Å². The van der Waals surface area contributed by atoms with Crippen LogP contribution in [-0.4, -0.2) is 34.2 Å². The highest BCUT2D eigenvalue weighted by Crippen LogP contribution is 2.38. The lowest BCUT2D eigenvalue weighted by Gasteiger charge is -2.24. The molecule has 19 heavy (non-hydrogen) atoms. The molecular weight excluding hydrogens is 248 g/mol. The van der Waals surface area contributed by atoms with E-state index >= 15 is 0 Å². The summed E-state index contributed by atoms with van der Waals surface area (Å²) in [5.41, 5.74) is -1.000. The van der Waals surface area contributed by atoms with Gasteiger partial charge in [-0.25, -0.2) is 8.78 Å². The molecule has 1 saturated heterocycles. The van der Waals surface area contributed by atoms with Crippen molar-refractivity contribution in [2.45, 2.75) is 50.3 Å². The number of halogens is 2. The van der Waals surface area contributed by atoms with Gasteiger partial charge in [0, 0.05) is 30.6 Å². The molecule has 0 radical (unpaired) electrons. The molecule has 2 aliphatic rings. The van der Waals surface area contributed by atoms with E-state index in [1.807, 2.05) is 0 Å². The Hall–Kier alpha value is -1.00. The predicted molar refractivity (Wildman–Crippen MR) is 68.8 cm³/mol. The Morgan fingerprint density at radius 1 is 1.32 bits per heavy atom. The number of benzene rings is 1. The highest BCUT2D eigenvalue weighted by atomic mass is 19.1. The van der Waals surface area contributed by atoms with Gasteiger partial charge >= 0.3 is 0 Å². The van der Waals surface area contributed by atoms with Crippen LogP contribution in [0.25, 0.3) is 0 Å². The summed E-state index contributed by atoms with van der Waals surface area (Å²) in [6, 6.07) is 4.70. The first-order valence-corrected chi connectivity index (χ1v) is 6.89. The van der Waals surface area contributed by atoms with E-state index in [0.717, 1.165) is 0 Å². The number of aliphatic hydroxyl groups is 1. The lowest BCUT2D eigenvalue weighted by atomic mass is 9.91. The van der Waals surface area contributed by atoms with E-state index < -0.39 is 17.2 Å². The summed E-state index contributed by atoms with van der Waals surface area (Å²) in [4.78, 5) is 2.28. The first kappa shape index (κ1) is 13.0. The van der Waals surface area contributed by atoms with Crippen LogP contribution in [0.4, 0.5) is 8.78 Å². The fraction of sp³-hybridized carbons (Fsp3) is 0.600. The Kier molecular flexibility index (Phi) is 3.10. The first-order chi connectivity index (χ1) is 8.98. The lowest BCUT2D eigenvalue weighted by Crippen LogP contribution is -2.37. The number of hydrogen-bond acceptors (Lipinski definition) is 2. The molecule has 1 N–H and O–H groups in total. The van der Waals surface area contributed by atoms with Crippen molar-refractivity contribution in [3.8, 4) is 0 Å². The summed E-state index contributed by atoms with van der Waals surface area (Å²) >= 11 is 0. The standard InChI is InChI=1S/C15H19F2NO/c1-10-7-15(19,9-18(10)11-5-6-11)8-12-13(16)3-2-4-14(12)17/h2-4,10-11,19H,5-9H2,1H3. The van der Waals surface area contributed by atoms with E-state index in [2.05, 4.69) is 11.8 Å². The Balaban J connectivity index is 1.79. The van der Waals surface area contributed by atoms with Crippen molar-refractivity contribution in [2.24, 2.45) is 0 Å². The predicted octanol–water partition coefficient (Wildman–Crippen LogP) is 2.50. The minimum Gasteiger partial charge on any atom is -0.388 e. The van der Waals surface area contributed by atoms with Gasteiger partial charge in [0.05, 0.1) is 5.60 Å². The van der Waals surface area contributed by atoms with E-state index in [9.17, 15) is 13.9 Å². The van der Waals surface area contributed by atoms with Gasteiger partial charge in [-0.2, -0.15) is 0 Å². The molecule has 0 amide bonds. The molecule has 1 saturated carbocycles. The SMILES string of the molecule is CC1CC(O)(Cc2c(F)cccc2F)CN1C1CC1. The third kappa shape index (κ3) is 2.51. The van der Waals surface area contributed by atoms with E-state index in [-0.39, 0.29) is 18.0 Å². The molecule has 2 unspecified atom stereocenters. The normalized spacial score (nSPS) is 31.9. The molecule has 1 aromatic carbocycles. The molecule has 1 aliphatic heterocycles. The molecule has 0 bridgehead atoms. The van der Waals surface area contributed by atoms with Crippen molar-refractivity contribution in [1.82, 2.24) is 4.90 Å². The Bertz CT molecular complexity index is 469. The average molecular weight is 267 g/mol. The van der Waals surface area contributed by atoms with Gasteiger partial charge in [0.2, 0.25) is 0 Å². The molecule has 2 atom stereocenters. The maximum atomic E-state index is 13.7. The summed E-state index contributed by atoms with van der Waals surface area (Å²) in [6.45, 7) is 2.60. The zero-order valence-electron chi connectivity index (χ0n) is 11.1. The number of likely N-dealkylation sites (tertiary alicyclic amines) is 1. The zero-order chi connectivity index (χ0) is 13.6. The topological polar surface area (TPSA) is 23.5 Å². The van der Waals surface area contributed by atoms with Crippen LogP contribution in [0.5, 0.6) is 0 Å². The van der Waals surface area contributed by atoms with Gasteiger partial charge in [0.15, 0.2) is 0 Å². The van der Waals surface area contributed by atoms with Crippen molar-refractivity contribution in [1.29, 1.82) is 0 Å². The Morgan fingerprint density at radius 3 is 2.53 bits per heavy atom. The van der Waals surface area contributed by atoms with Crippen molar-refractivity contribution >= 4 is 0 Å². The highest BCUT2D eigenvalue weighted by molar-refractivity contribution is 5.22. The Labute approximate surface area is 112 Å². The van der Waals surface area contributed by atoms with E-state index in [4.69, 9.17) is 0 Å². The molecule has 104 valence electrons. The van der Waals surface area contributed by atoms with Gasteiger partial charge in [-0.05, 0) is 38.3 Å². The highest BCUT2D eigenvalue weighted by Gasteiger charge is 2.46. The molecule has 1 aliphatic carbocycles. The summed E-state index contributed by atoms with van der Waals surface area (Å²) in [7, 11) is 0. The van der Waals surface area contributed by atoms with E-state index in [0.29, 0.717) is 19.0 Å². The molecule has 1 heterocycles. The van der Waals surface area contributed by atoms with Crippen molar-refractivity contribution in [3.63, 3.8) is 0 Å². The monoisotopic (exact) mass is 267 g/mol. The summed E-state index contributed by atoms with van der Waals surface area (Å²) in [5.74, 6) is -1.13. The molecule has 0 aromatic heterocycles. The zero-order valence-corrected chi connectivity index (χ0v) is 11.1. The van der Waals surface area contributed by atoms with Crippen LogP contribution in [-0.2, 0) is 6.42 Å². The third-order valence-corrected chi connectivity index (χ3v) is 4.30. The van der Waals surface area contributed by atoms with Gasteiger partial charge in [-0.15, -0.1) is 0 Å². The maximum Gasteiger partial charge on any atom is 0.129 e. The van der Waals surface area contributed by atoms with Crippen molar-refractivity contribution in [3.05, 3.63) is 35.4 Å². The summed E-state index contributed by atoms with van der Waals surface area (Å²) < 4.78 is 27.3. The molecule has 3 rings (SSSR count). The lowest BCUT2D eigenvalue weighted by molar-refractivity contribution is 0.0469. The number of hydrogen-bond donors (Lipinski definition) is 1. The fourth-order valence-electron chi connectivity index (χ4n) is 3.28. The second kappa shape index (κ2) is 4.53. The minimum absolute atomic E-state index is 0.00912. The molecular formula is C15H19F2NO. The second-order valence-electron chi connectivity index (χ2n) is 6.06. The maximum absolute atomic E-state index is 13.7. The average Bonchev–Trinajstić information content (AvgIpc) is 3.11. The van der Waals surface area contributed by atoms with Crippen LogP contribution in [0.2, 0.25) is 0 Å². The van der Waals surface area contributed by atoms with Crippen LogP contribution in [0.3, 0.4) is 0 Å². The largest absolute Gasteiger partial charge is 0.388 e. The summed E-state index contributed by atoms with van der Waals surface area (Å²) in [6.07, 6.45) is 2.99. The molecule has 1 aromatic rings. The smallest absolute Gasteiger partial charge is 0.129 e. The number of nitrogens with zero attached hydrogens (tertiary/aromatic N) is 1. The van der Waals surface area contributed by atoms with E-state index in [1.54, 1.807) is 0 Å². The van der Waals surface area contributed by atoms with Gasteiger partial charge in [0.25, 0.3) is 0 Å². The van der Waals surface area contributed by atoms with Gasteiger partial charge in [-0.3, -0.25) is 4.90 Å². The van der Waals surface area contributed by atoms with Gasteiger partial charge in [0.1, 0.15) is 11.6 Å². The number of β-amino-alcohol motifs (C(OH)–C–C–N with tert-alkyl or cyclic N) is 1.